The lowest BCUT2D eigenvalue weighted by molar-refractivity contribution is 0.601. The third-order valence-corrected chi connectivity index (χ3v) is 11.4. The fourth-order valence-corrected chi connectivity index (χ4v) is 11.1. The van der Waals surface area contributed by atoms with E-state index in [0.717, 1.165) is 38.5 Å². The highest BCUT2D eigenvalue weighted by Crippen LogP contribution is 2.24. The molecule has 0 aromatic rings. The zero-order valence-electron chi connectivity index (χ0n) is 17.3. The molecule has 7 heteroatoms. The summed E-state index contributed by atoms with van der Waals surface area (Å²) in [5.41, 5.74) is 0. The largest absolute Gasteiger partial charge is 0.259 e. The minimum atomic E-state index is -3.21. The predicted molar refractivity (Wildman–Crippen MR) is 119 cm³/mol. The van der Waals surface area contributed by atoms with Gasteiger partial charge in [-0.3, -0.25) is 8.42 Å². The van der Waals surface area contributed by atoms with Crippen LogP contribution in [-0.2, 0) is 31.4 Å². The van der Waals surface area contributed by atoms with Crippen molar-refractivity contribution in [2.45, 2.75) is 101 Å². The van der Waals surface area contributed by atoms with Crippen molar-refractivity contribution in [3.8, 4) is 0 Å². The molecule has 0 bridgehead atoms. The Kier molecular flexibility index (Phi) is 13.4. The minimum Gasteiger partial charge on any atom is -0.259 e. The summed E-state index contributed by atoms with van der Waals surface area (Å²) in [5, 5.41) is -0.849. The van der Waals surface area contributed by atoms with Crippen LogP contribution in [0.2, 0.25) is 0 Å². The van der Waals surface area contributed by atoms with E-state index in [9.17, 15) is 16.8 Å². The monoisotopic (exact) mass is 440 g/mol. The summed E-state index contributed by atoms with van der Waals surface area (Å²) >= 11 is 0. The van der Waals surface area contributed by atoms with Crippen molar-refractivity contribution in [2.75, 3.05) is 23.0 Å². The second-order valence-electron chi connectivity index (χ2n) is 7.86. The third kappa shape index (κ3) is 10.6. The molecule has 0 N–H and O–H groups in total. The molecule has 1 fully saturated rings. The van der Waals surface area contributed by atoms with Crippen molar-refractivity contribution < 1.29 is 16.8 Å². The van der Waals surface area contributed by atoms with Crippen molar-refractivity contribution in [1.82, 2.24) is 0 Å². The maximum absolute atomic E-state index is 12.7. The minimum absolute atomic E-state index is 0.0393. The molecule has 4 nitrogen and oxygen atoms in total. The van der Waals surface area contributed by atoms with Crippen molar-refractivity contribution in [3.05, 3.63) is 0 Å². The normalized spacial score (nSPS) is 24.1. The Morgan fingerprint density at radius 2 is 0.963 bits per heavy atom. The zero-order chi connectivity index (χ0) is 20.1. The number of hydrogen-bond acceptors (Lipinski definition) is 4. The lowest BCUT2D eigenvalue weighted by Gasteiger charge is -2.17. The Morgan fingerprint density at radius 3 is 1.33 bits per heavy atom. The first-order valence-electron chi connectivity index (χ1n) is 10.9. The summed E-state index contributed by atoms with van der Waals surface area (Å²) in [6.07, 6.45) is 13.5. The highest BCUT2D eigenvalue weighted by Gasteiger charge is 2.43. The van der Waals surface area contributed by atoms with Gasteiger partial charge in [-0.1, -0.05) is 78.1 Å². The van der Waals surface area contributed by atoms with E-state index in [1.807, 2.05) is 0 Å². The lowest BCUT2D eigenvalue weighted by atomic mass is 10.1. The maximum Gasteiger partial charge on any atom is 0.152 e. The van der Waals surface area contributed by atoms with Gasteiger partial charge >= 0.3 is 0 Å². The van der Waals surface area contributed by atoms with Crippen LogP contribution in [0.5, 0.6) is 0 Å². The highest BCUT2D eigenvalue weighted by atomic mass is 32.2. The second-order valence-corrected chi connectivity index (χ2v) is 13.6. The predicted octanol–water partition coefficient (Wildman–Crippen LogP) is 4.37. The molecule has 0 aromatic carbocycles. The first kappa shape index (κ1) is 25.3. The SMILES string of the molecule is CCCCCCCC[S@](=O)[C@@H]1CS(=O)(=O)C[C@H]1[S@@](=O)CCCCCCCC. The molecule has 0 radical (unpaired) electrons. The van der Waals surface area contributed by atoms with Crippen molar-refractivity contribution >= 4 is 31.4 Å². The second kappa shape index (κ2) is 14.3. The van der Waals surface area contributed by atoms with Gasteiger partial charge in [0, 0.05) is 33.1 Å². The number of sulfone groups is 1. The first-order valence-corrected chi connectivity index (χ1v) is 15.4. The summed E-state index contributed by atoms with van der Waals surface area (Å²) < 4.78 is 49.6. The first-order chi connectivity index (χ1) is 12.9. The molecular formula is C20H40O4S3. The number of hydrogen-bond donors (Lipinski definition) is 0. The van der Waals surface area contributed by atoms with Gasteiger partial charge in [0.2, 0.25) is 0 Å². The van der Waals surface area contributed by atoms with E-state index in [-0.39, 0.29) is 11.5 Å². The summed E-state index contributed by atoms with van der Waals surface area (Å²) in [7, 11) is -5.57. The van der Waals surface area contributed by atoms with Gasteiger partial charge in [-0.05, 0) is 12.8 Å². The van der Waals surface area contributed by atoms with Gasteiger partial charge in [-0.15, -0.1) is 0 Å². The van der Waals surface area contributed by atoms with Gasteiger partial charge in [0.05, 0.1) is 22.0 Å². The van der Waals surface area contributed by atoms with Gasteiger partial charge in [0.15, 0.2) is 9.84 Å². The third-order valence-electron chi connectivity index (χ3n) is 5.32. The Labute approximate surface area is 172 Å². The summed E-state index contributed by atoms with van der Waals surface area (Å²) in [6.45, 7) is 4.36. The topological polar surface area (TPSA) is 68.3 Å². The molecule has 27 heavy (non-hydrogen) atoms. The fourth-order valence-electron chi connectivity index (χ4n) is 3.63. The molecule has 0 spiro atoms. The Morgan fingerprint density at radius 1 is 0.630 bits per heavy atom. The van der Waals surface area contributed by atoms with Gasteiger partial charge in [-0.25, -0.2) is 8.42 Å². The molecule has 1 rings (SSSR count). The quantitative estimate of drug-likeness (QED) is 0.334. The molecule has 1 saturated heterocycles. The maximum atomic E-state index is 12.7. The van der Waals surface area contributed by atoms with Crippen LogP contribution in [0.15, 0.2) is 0 Å². The van der Waals surface area contributed by atoms with Gasteiger partial charge in [0.1, 0.15) is 0 Å². The molecule has 0 aromatic heterocycles. The van der Waals surface area contributed by atoms with Crippen molar-refractivity contribution in [3.63, 3.8) is 0 Å². The molecule has 0 aliphatic carbocycles. The average Bonchev–Trinajstić information content (AvgIpc) is 2.96. The van der Waals surface area contributed by atoms with Crippen LogP contribution >= 0.6 is 0 Å². The number of rotatable bonds is 16. The van der Waals surface area contributed by atoms with Gasteiger partial charge in [0.25, 0.3) is 0 Å². The zero-order valence-corrected chi connectivity index (χ0v) is 19.8. The molecule has 0 amide bonds. The van der Waals surface area contributed by atoms with E-state index >= 15 is 0 Å². The van der Waals surface area contributed by atoms with E-state index in [2.05, 4.69) is 13.8 Å². The van der Waals surface area contributed by atoms with Crippen LogP contribution in [0.3, 0.4) is 0 Å². The van der Waals surface area contributed by atoms with Crippen LogP contribution < -0.4 is 0 Å². The van der Waals surface area contributed by atoms with E-state index < -0.39 is 41.9 Å². The lowest BCUT2D eigenvalue weighted by Crippen LogP contribution is -2.34. The molecule has 1 aliphatic heterocycles. The fraction of sp³-hybridized carbons (Fsp3) is 1.00. The number of unbranched alkanes of at least 4 members (excludes halogenated alkanes) is 10. The smallest absolute Gasteiger partial charge is 0.152 e. The molecule has 1 aliphatic rings. The molecule has 0 saturated carbocycles. The van der Waals surface area contributed by atoms with Crippen LogP contribution in [-0.4, -0.2) is 50.3 Å². The van der Waals surface area contributed by atoms with Gasteiger partial charge < -0.3 is 0 Å². The Hall–Kier alpha value is 0.250. The van der Waals surface area contributed by atoms with E-state index in [4.69, 9.17) is 0 Å². The van der Waals surface area contributed by atoms with Crippen LogP contribution in [0.1, 0.15) is 90.9 Å². The molecule has 0 unspecified atom stereocenters. The van der Waals surface area contributed by atoms with Crippen molar-refractivity contribution in [2.24, 2.45) is 0 Å². The van der Waals surface area contributed by atoms with Crippen LogP contribution in [0, 0.1) is 0 Å². The van der Waals surface area contributed by atoms with Crippen molar-refractivity contribution in [1.29, 1.82) is 0 Å². The Bertz CT molecular complexity index is 503. The average molecular weight is 441 g/mol. The molecule has 1 heterocycles. The summed E-state index contributed by atoms with van der Waals surface area (Å²) in [6, 6.07) is 0. The highest BCUT2D eigenvalue weighted by molar-refractivity contribution is 7.97. The van der Waals surface area contributed by atoms with E-state index in [1.165, 1.54) is 38.5 Å². The van der Waals surface area contributed by atoms with E-state index in [1.54, 1.807) is 0 Å². The van der Waals surface area contributed by atoms with Gasteiger partial charge in [-0.2, -0.15) is 0 Å². The standard InChI is InChI=1S/C20H40O4S3/c1-3-5-7-9-11-13-15-25(21)19-17-27(23,24)18-20(19)26(22)16-14-12-10-8-6-4-2/h19-20H,3-18H2,1-2H3/t19-,20-,25+,26+/m1/s1. The summed E-state index contributed by atoms with van der Waals surface area (Å²) in [5.74, 6) is 1.03. The molecule has 4 atom stereocenters. The Balaban J connectivity index is 2.41. The summed E-state index contributed by atoms with van der Waals surface area (Å²) in [4.78, 5) is 0. The van der Waals surface area contributed by atoms with Crippen LogP contribution in [0.4, 0.5) is 0 Å². The molecule has 162 valence electrons. The molecular weight excluding hydrogens is 400 g/mol. The van der Waals surface area contributed by atoms with E-state index in [0.29, 0.717) is 11.5 Å². The van der Waals surface area contributed by atoms with Crippen LogP contribution in [0.25, 0.3) is 0 Å².